The molecule has 142 valence electrons. The van der Waals surface area contributed by atoms with E-state index in [-0.39, 0.29) is 0 Å². The smallest absolute Gasteiger partial charge is 0.195 e. The highest BCUT2D eigenvalue weighted by Crippen LogP contribution is 2.39. The molecule has 0 spiro atoms. The largest absolute Gasteiger partial charge is 0.282 e. The van der Waals surface area contributed by atoms with Gasteiger partial charge in [-0.1, -0.05) is 103 Å². The van der Waals surface area contributed by atoms with Gasteiger partial charge in [-0.2, -0.15) is 0 Å². The summed E-state index contributed by atoms with van der Waals surface area (Å²) < 4.78 is 2.32. The minimum atomic E-state index is 1.01. The van der Waals surface area contributed by atoms with Gasteiger partial charge in [0.2, 0.25) is 0 Å². The topological polar surface area (TPSA) is 17.3 Å². The lowest BCUT2D eigenvalue weighted by Gasteiger charge is -2.10. The highest BCUT2D eigenvalue weighted by Gasteiger charge is 2.20. The highest BCUT2D eigenvalue weighted by atomic mass is 32.1. The first-order valence-corrected chi connectivity index (χ1v) is 10.9. The maximum Gasteiger partial charge on any atom is 0.195 e. The highest BCUT2D eigenvalue weighted by molar-refractivity contribution is 7.15. The molecule has 2 heterocycles. The molecule has 6 rings (SSSR count). The van der Waals surface area contributed by atoms with Crippen molar-refractivity contribution in [1.29, 1.82) is 0 Å². The Morgan fingerprint density at radius 1 is 0.633 bits per heavy atom. The van der Waals surface area contributed by atoms with Crippen molar-refractivity contribution in [2.24, 2.45) is 0 Å². The number of hydrogen-bond donors (Lipinski definition) is 0. The quantitative estimate of drug-likeness (QED) is 0.299. The molecule has 2 aromatic heterocycles. The summed E-state index contributed by atoms with van der Waals surface area (Å²) in [6.45, 7) is 0. The zero-order valence-corrected chi connectivity index (χ0v) is 17.0. The van der Waals surface area contributed by atoms with Crippen molar-refractivity contribution in [2.45, 2.75) is 0 Å². The van der Waals surface area contributed by atoms with Crippen LogP contribution in [0.3, 0.4) is 0 Å². The second-order valence-electron chi connectivity index (χ2n) is 7.31. The standard InChI is InChI=1S/C27H18N2S/c1-3-11-20(12-4-1)25-26(21-13-5-2-6-14-21)29-24(18-30-27(29)28-25)23-17-9-15-19-10-7-8-16-22(19)23/h1-18H. The van der Waals surface area contributed by atoms with Crippen LogP contribution in [-0.2, 0) is 0 Å². The minimum Gasteiger partial charge on any atom is -0.282 e. The molecule has 0 aliphatic rings. The Hall–Kier alpha value is -3.69. The van der Waals surface area contributed by atoms with Crippen LogP contribution in [0.5, 0.6) is 0 Å². The molecular weight excluding hydrogens is 384 g/mol. The molecule has 6 aromatic rings. The third-order valence-corrected chi connectivity index (χ3v) is 6.35. The van der Waals surface area contributed by atoms with Gasteiger partial charge in [0, 0.05) is 22.1 Å². The van der Waals surface area contributed by atoms with E-state index in [4.69, 9.17) is 4.98 Å². The molecule has 0 fully saturated rings. The van der Waals surface area contributed by atoms with Crippen LogP contribution in [0.1, 0.15) is 0 Å². The summed E-state index contributed by atoms with van der Waals surface area (Å²) in [6.07, 6.45) is 0. The number of thiazole rings is 1. The lowest BCUT2D eigenvalue weighted by atomic mass is 10.0. The lowest BCUT2D eigenvalue weighted by molar-refractivity contribution is 1.24. The van der Waals surface area contributed by atoms with Crippen LogP contribution >= 0.6 is 11.3 Å². The van der Waals surface area contributed by atoms with Gasteiger partial charge >= 0.3 is 0 Å². The summed E-state index contributed by atoms with van der Waals surface area (Å²) in [4.78, 5) is 6.08. The van der Waals surface area contributed by atoms with Crippen LogP contribution in [0.15, 0.2) is 109 Å². The average Bonchev–Trinajstić information content (AvgIpc) is 3.39. The van der Waals surface area contributed by atoms with Gasteiger partial charge < -0.3 is 0 Å². The van der Waals surface area contributed by atoms with Crippen molar-refractivity contribution in [2.75, 3.05) is 0 Å². The van der Waals surface area contributed by atoms with Crippen molar-refractivity contribution in [3.63, 3.8) is 0 Å². The molecule has 0 bridgehead atoms. The summed E-state index contributed by atoms with van der Waals surface area (Å²) in [6, 6.07) is 36.1. The van der Waals surface area contributed by atoms with Gasteiger partial charge in [0.1, 0.15) is 0 Å². The van der Waals surface area contributed by atoms with E-state index < -0.39 is 0 Å². The maximum atomic E-state index is 5.07. The van der Waals surface area contributed by atoms with E-state index in [1.165, 1.54) is 27.6 Å². The minimum absolute atomic E-state index is 1.01. The Labute approximate surface area is 178 Å². The SMILES string of the molecule is c1ccc(-c2nc3scc(-c4cccc5ccccc45)n3c2-c2ccccc2)cc1. The molecule has 0 atom stereocenters. The first-order valence-electron chi connectivity index (χ1n) is 9.99. The monoisotopic (exact) mass is 402 g/mol. The summed E-state index contributed by atoms with van der Waals surface area (Å²) >= 11 is 1.69. The van der Waals surface area contributed by atoms with Gasteiger partial charge in [0.15, 0.2) is 4.96 Å². The number of benzene rings is 4. The second kappa shape index (κ2) is 6.97. The first kappa shape index (κ1) is 17.2. The van der Waals surface area contributed by atoms with Crippen LogP contribution in [0.25, 0.3) is 49.5 Å². The van der Waals surface area contributed by atoms with E-state index >= 15 is 0 Å². The van der Waals surface area contributed by atoms with Crippen molar-refractivity contribution in [3.8, 4) is 33.8 Å². The van der Waals surface area contributed by atoms with Gasteiger partial charge in [0.25, 0.3) is 0 Å². The molecule has 0 unspecified atom stereocenters. The Morgan fingerprint density at radius 3 is 2.10 bits per heavy atom. The molecule has 0 amide bonds. The zero-order chi connectivity index (χ0) is 19.9. The Bertz CT molecular complexity index is 1470. The number of rotatable bonds is 3. The van der Waals surface area contributed by atoms with Crippen LogP contribution in [0.2, 0.25) is 0 Å². The summed E-state index contributed by atoms with van der Waals surface area (Å²) in [5, 5.41) is 4.73. The van der Waals surface area contributed by atoms with Crippen LogP contribution in [0.4, 0.5) is 0 Å². The van der Waals surface area contributed by atoms with Crippen molar-refractivity contribution < 1.29 is 0 Å². The number of aromatic nitrogens is 2. The molecule has 4 aromatic carbocycles. The summed E-state index contributed by atoms with van der Waals surface area (Å²) in [5.74, 6) is 0. The number of fused-ring (bicyclic) bond motifs is 2. The van der Waals surface area contributed by atoms with E-state index in [9.17, 15) is 0 Å². The molecule has 0 aliphatic heterocycles. The second-order valence-corrected chi connectivity index (χ2v) is 8.14. The fourth-order valence-corrected chi connectivity index (χ4v) is 5.04. The zero-order valence-electron chi connectivity index (χ0n) is 16.2. The number of hydrogen-bond acceptors (Lipinski definition) is 2. The van der Waals surface area contributed by atoms with Crippen LogP contribution in [-0.4, -0.2) is 9.38 Å². The predicted octanol–water partition coefficient (Wildman–Crippen LogP) is 7.55. The van der Waals surface area contributed by atoms with Gasteiger partial charge in [-0.05, 0) is 10.8 Å². The predicted molar refractivity (Wildman–Crippen MR) is 127 cm³/mol. The van der Waals surface area contributed by atoms with Crippen molar-refractivity contribution in [1.82, 2.24) is 9.38 Å². The average molecular weight is 403 g/mol. The van der Waals surface area contributed by atoms with Gasteiger partial charge in [-0.3, -0.25) is 4.40 Å². The normalized spacial score (nSPS) is 11.3. The molecule has 30 heavy (non-hydrogen) atoms. The van der Waals surface area contributed by atoms with Crippen LogP contribution in [0, 0.1) is 0 Å². The maximum absolute atomic E-state index is 5.07. The molecule has 0 radical (unpaired) electrons. The van der Waals surface area contributed by atoms with E-state index in [2.05, 4.69) is 107 Å². The molecule has 0 aliphatic carbocycles. The van der Waals surface area contributed by atoms with Gasteiger partial charge in [-0.25, -0.2) is 4.98 Å². The Morgan fingerprint density at radius 2 is 1.30 bits per heavy atom. The third kappa shape index (κ3) is 2.67. The Balaban J connectivity index is 1.71. The van der Waals surface area contributed by atoms with E-state index in [1.54, 1.807) is 11.3 Å². The molecule has 0 N–H and O–H groups in total. The lowest BCUT2D eigenvalue weighted by Crippen LogP contribution is -1.92. The number of imidazole rings is 1. The molecule has 0 saturated heterocycles. The fraction of sp³-hybridized carbons (Fsp3) is 0. The third-order valence-electron chi connectivity index (χ3n) is 5.52. The van der Waals surface area contributed by atoms with Crippen molar-refractivity contribution in [3.05, 3.63) is 109 Å². The molecular formula is C27H18N2S. The first-order chi connectivity index (χ1) is 14.9. The van der Waals surface area contributed by atoms with Gasteiger partial charge in [0.05, 0.1) is 17.1 Å². The molecule has 2 nitrogen and oxygen atoms in total. The van der Waals surface area contributed by atoms with E-state index in [0.717, 1.165) is 21.9 Å². The summed E-state index contributed by atoms with van der Waals surface area (Å²) in [5.41, 5.74) is 6.88. The molecule has 3 heteroatoms. The van der Waals surface area contributed by atoms with E-state index in [1.807, 2.05) is 6.07 Å². The van der Waals surface area contributed by atoms with Crippen molar-refractivity contribution >= 4 is 27.1 Å². The van der Waals surface area contributed by atoms with E-state index in [0.29, 0.717) is 0 Å². The van der Waals surface area contributed by atoms with Gasteiger partial charge in [-0.15, -0.1) is 11.3 Å². The van der Waals surface area contributed by atoms with Crippen LogP contribution < -0.4 is 0 Å². The number of nitrogens with zero attached hydrogens (tertiary/aromatic N) is 2. The Kier molecular flexibility index (Phi) is 4.00. The molecule has 0 saturated carbocycles. The fourth-order valence-electron chi connectivity index (χ4n) is 4.16. The summed E-state index contributed by atoms with van der Waals surface area (Å²) in [7, 11) is 0.